The van der Waals surface area contributed by atoms with E-state index in [1.165, 1.54) is 12.8 Å². The lowest BCUT2D eigenvalue weighted by Gasteiger charge is -2.42. The Labute approximate surface area is 119 Å². The molecule has 1 unspecified atom stereocenters. The summed E-state index contributed by atoms with van der Waals surface area (Å²) in [6.45, 7) is 13.8. The van der Waals surface area contributed by atoms with E-state index in [1.54, 1.807) is 0 Å². The van der Waals surface area contributed by atoms with Gasteiger partial charge in [0.25, 0.3) is 0 Å². The quantitative estimate of drug-likeness (QED) is 0.706. The van der Waals surface area contributed by atoms with Gasteiger partial charge in [-0.05, 0) is 31.2 Å². The Morgan fingerprint density at radius 1 is 1.11 bits per heavy atom. The summed E-state index contributed by atoms with van der Waals surface area (Å²) in [4.78, 5) is 23.9. The van der Waals surface area contributed by atoms with Crippen LogP contribution in [-0.4, -0.2) is 58.1 Å². The van der Waals surface area contributed by atoms with E-state index in [4.69, 9.17) is 0 Å². The minimum atomic E-state index is -1.86. The van der Waals surface area contributed by atoms with Crippen LogP contribution in [0.2, 0.25) is 0 Å². The minimum absolute atomic E-state index is 0.0646. The van der Waals surface area contributed by atoms with Crippen LogP contribution < -0.4 is 0 Å². The smallest absolute Gasteiger partial charge is 0.184 e. The Balaban J connectivity index is 2.42. The molecule has 114 valence electrons. The van der Waals surface area contributed by atoms with Crippen LogP contribution in [0.4, 0.5) is 0 Å². The van der Waals surface area contributed by atoms with Crippen LogP contribution in [0, 0.1) is 11.8 Å². The first-order chi connectivity index (χ1) is 8.90. The Bertz CT molecular complexity index is 250. The zero-order valence-corrected chi connectivity index (χ0v) is 13.8. The van der Waals surface area contributed by atoms with Crippen molar-refractivity contribution in [3.8, 4) is 0 Å². The average molecular weight is 290 g/mol. The fourth-order valence-electron chi connectivity index (χ4n) is 2.68. The summed E-state index contributed by atoms with van der Waals surface area (Å²) >= 11 is 0. The molecule has 0 aliphatic carbocycles. The lowest BCUT2D eigenvalue weighted by atomic mass is 10.1. The molecule has 0 aromatic heterocycles. The standard InChI is InChI=1S/C14H31N2O2P/c1-12(2)6-5-7-15-8-9-16(10-13(3)4)14(11-15)19(17)18/h12-14,17-18H,5-11H2,1-4H3. The van der Waals surface area contributed by atoms with Gasteiger partial charge in [0.1, 0.15) is 0 Å². The molecule has 0 amide bonds. The molecule has 1 atom stereocenters. The molecule has 1 aliphatic rings. The molecule has 0 radical (unpaired) electrons. The molecular weight excluding hydrogens is 259 g/mol. The van der Waals surface area contributed by atoms with Crippen LogP contribution in [0.3, 0.4) is 0 Å². The molecule has 1 fully saturated rings. The highest BCUT2D eigenvalue weighted by Gasteiger charge is 2.32. The van der Waals surface area contributed by atoms with Crippen LogP contribution in [0.25, 0.3) is 0 Å². The lowest BCUT2D eigenvalue weighted by molar-refractivity contribution is 0.0932. The van der Waals surface area contributed by atoms with Crippen molar-refractivity contribution in [3.63, 3.8) is 0 Å². The third-order valence-electron chi connectivity index (χ3n) is 3.67. The van der Waals surface area contributed by atoms with Gasteiger partial charge in [0.15, 0.2) is 8.38 Å². The van der Waals surface area contributed by atoms with E-state index in [-0.39, 0.29) is 5.78 Å². The van der Waals surface area contributed by atoms with Gasteiger partial charge in [0.05, 0.1) is 5.78 Å². The number of nitrogens with zero attached hydrogens (tertiary/aromatic N) is 2. The topological polar surface area (TPSA) is 46.9 Å². The molecule has 1 aliphatic heterocycles. The van der Waals surface area contributed by atoms with E-state index < -0.39 is 8.38 Å². The van der Waals surface area contributed by atoms with Gasteiger partial charge in [-0.25, -0.2) is 0 Å². The van der Waals surface area contributed by atoms with Gasteiger partial charge < -0.3 is 9.79 Å². The molecule has 0 spiro atoms. The summed E-state index contributed by atoms with van der Waals surface area (Å²) in [5.41, 5.74) is 0. The zero-order valence-electron chi connectivity index (χ0n) is 12.9. The van der Waals surface area contributed by atoms with Crippen molar-refractivity contribution in [1.29, 1.82) is 0 Å². The maximum absolute atomic E-state index is 9.64. The van der Waals surface area contributed by atoms with Gasteiger partial charge in [-0.1, -0.05) is 27.7 Å². The summed E-state index contributed by atoms with van der Waals surface area (Å²) < 4.78 is 0. The molecule has 0 aromatic carbocycles. The van der Waals surface area contributed by atoms with E-state index in [2.05, 4.69) is 37.5 Å². The molecule has 0 saturated carbocycles. The summed E-state index contributed by atoms with van der Waals surface area (Å²) in [7, 11) is -1.86. The summed E-state index contributed by atoms with van der Waals surface area (Å²) in [5.74, 6) is 1.26. The van der Waals surface area contributed by atoms with Crippen molar-refractivity contribution in [3.05, 3.63) is 0 Å². The van der Waals surface area contributed by atoms with Crippen LogP contribution in [0.5, 0.6) is 0 Å². The average Bonchev–Trinajstić information content (AvgIpc) is 2.29. The molecule has 2 N–H and O–H groups in total. The first-order valence-electron chi connectivity index (χ1n) is 7.53. The first kappa shape index (κ1) is 17.3. The van der Waals surface area contributed by atoms with Gasteiger partial charge in [-0.15, -0.1) is 0 Å². The minimum Gasteiger partial charge on any atom is -0.349 e. The van der Waals surface area contributed by atoms with Crippen molar-refractivity contribution >= 4 is 8.38 Å². The predicted molar refractivity (Wildman–Crippen MR) is 82.1 cm³/mol. The fraction of sp³-hybridized carbons (Fsp3) is 1.00. The van der Waals surface area contributed by atoms with Crippen molar-refractivity contribution in [2.75, 3.05) is 32.7 Å². The van der Waals surface area contributed by atoms with E-state index >= 15 is 0 Å². The number of hydrogen-bond acceptors (Lipinski definition) is 4. The van der Waals surface area contributed by atoms with Gasteiger partial charge in [0.2, 0.25) is 0 Å². The van der Waals surface area contributed by atoms with Crippen molar-refractivity contribution < 1.29 is 9.79 Å². The summed E-state index contributed by atoms with van der Waals surface area (Å²) in [6.07, 6.45) is 2.47. The molecule has 1 rings (SSSR count). The van der Waals surface area contributed by atoms with Crippen LogP contribution in [-0.2, 0) is 0 Å². The normalized spacial score (nSPS) is 22.9. The van der Waals surface area contributed by atoms with Gasteiger partial charge in [0, 0.05) is 26.2 Å². The molecule has 5 heteroatoms. The Morgan fingerprint density at radius 3 is 2.32 bits per heavy atom. The van der Waals surface area contributed by atoms with Crippen molar-refractivity contribution in [2.45, 2.75) is 46.3 Å². The highest BCUT2D eigenvalue weighted by Crippen LogP contribution is 2.36. The van der Waals surface area contributed by atoms with Gasteiger partial charge >= 0.3 is 0 Å². The van der Waals surface area contributed by atoms with Crippen LogP contribution in [0.1, 0.15) is 40.5 Å². The molecule has 4 nitrogen and oxygen atoms in total. The van der Waals surface area contributed by atoms with E-state index in [0.717, 1.165) is 38.6 Å². The SMILES string of the molecule is CC(C)CCCN1CCN(CC(C)C)C(P(O)O)C1. The molecule has 0 aromatic rings. The number of rotatable bonds is 7. The molecule has 0 bridgehead atoms. The maximum atomic E-state index is 9.64. The van der Waals surface area contributed by atoms with Gasteiger partial charge in [-0.3, -0.25) is 9.80 Å². The largest absolute Gasteiger partial charge is 0.349 e. The van der Waals surface area contributed by atoms with Crippen LogP contribution >= 0.6 is 8.38 Å². The maximum Gasteiger partial charge on any atom is 0.184 e. The number of hydrogen-bond donors (Lipinski definition) is 2. The molecule has 1 heterocycles. The molecule has 19 heavy (non-hydrogen) atoms. The van der Waals surface area contributed by atoms with E-state index in [1.807, 2.05) is 0 Å². The fourth-order valence-corrected chi connectivity index (χ4v) is 3.56. The highest BCUT2D eigenvalue weighted by atomic mass is 31.2. The van der Waals surface area contributed by atoms with Crippen molar-refractivity contribution in [2.24, 2.45) is 11.8 Å². The first-order valence-corrected chi connectivity index (χ1v) is 8.85. The second-order valence-corrected chi connectivity index (χ2v) is 7.76. The Morgan fingerprint density at radius 2 is 1.79 bits per heavy atom. The monoisotopic (exact) mass is 290 g/mol. The second-order valence-electron chi connectivity index (χ2n) is 6.53. The Hall–Kier alpha value is 0.270. The van der Waals surface area contributed by atoms with E-state index in [0.29, 0.717) is 5.92 Å². The van der Waals surface area contributed by atoms with Crippen LogP contribution in [0.15, 0.2) is 0 Å². The molecular formula is C14H31N2O2P. The predicted octanol–water partition coefficient (Wildman–Crippen LogP) is 2.32. The summed E-state index contributed by atoms with van der Waals surface area (Å²) in [6, 6.07) is 0. The highest BCUT2D eigenvalue weighted by molar-refractivity contribution is 7.45. The lowest BCUT2D eigenvalue weighted by Crippen LogP contribution is -2.53. The number of piperazine rings is 1. The second kappa shape index (κ2) is 8.53. The third-order valence-corrected chi connectivity index (χ3v) is 4.69. The summed E-state index contributed by atoms with van der Waals surface area (Å²) in [5, 5.41) is 0. The van der Waals surface area contributed by atoms with Gasteiger partial charge in [-0.2, -0.15) is 0 Å². The zero-order chi connectivity index (χ0) is 14.4. The molecule has 1 saturated heterocycles. The Kier molecular flexibility index (Phi) is 7.78. The third kappa shape index (κ3) is 6.50. The van der Waals surface area contributed by atoms with E-state index in [9.17, 15) is 9.79 Å². The van der Waals surface area contributed by atoms with Crippen molar-refractivity contribution in [1.82, 2.24) is 9.80 Å².